The minimum atomic E-state index is -0.570. The first-order chi connectivity index (χ1) is 15.9. The van der Waals surface area contributed by atoms with Crippen molar-refractivity contribution in [1.82, 2.24) is 4.90 Å². The van der Waals surface area contributed by atoms with Gasteiger partial charge in [-0.05, 0) is 42.3 Å². The van der Waals surface area contributed by atoms with Crippen molar-refractivity contribution in [1.29, 1.82) is 0 Å². The number of halogens is 1. The van der Waals surface area contributed by atoms with Crippen LogP contribution in [-0.2, 0) is 21.7 Å². The maximum atomic E-state index is 14.4. The fourth-order valence-corrected chi connectivity index (χ4v) is 4.04. The summed E-state index contributed by atoms with van der Waals surface area (Å²) in [6.45, 7) is 4.00. The zero-order chi connectivity index (χ0) is 23.8. The van der Waals surface area contributed by atoms with E-state index < -0.39 is 5.60 Å². The van der Waals surface area contributed by atoms with E-state index in [2.05, 4.69) is 0 Å². The molecule has 2 aromatic rings. The van der Waals surface area contributed by atoms with E-state index in [4.69, 9.17) is 19.3 Å². The van der Waals surface area contributed by atoms with Crippen molar-refractivity contribution in [2.75, 3.05) is 52.0 Å². The molecular formula is C25H33FN2O5. The maximum Gasteiger partial charge on any atom is 0.324 e. The standard InChI is InChI=1S/C25H33FN2O5/c1-4-28(11-12-29)24(30)27(2)22-7-5-19(6-8-22)18-33-23-16-20(15-21(26)17-23)25(31-3)9-13-32-14-10-25/h5-8,15-17,29H,4,9-14,18H2,1-3H3. The summed E-state index contributed by atoms with van der Waals surface area (Å²) in [6.07, 6.45) is 1.32. The van der Waals surface area contributed by atoms with Crippen molar-refractivity contribution >= 4 is 11.7 Å². The average molecular weight is 461 g/mol. The number of ether oxygens (including phenoxy) is 3. The van der Waals surface area contributed by atoms with Gasteiger partial charge in [0.2, 0.25) is 0 Å². The molecule has 1 aliphatic heterocycles. The van der Waals surface area contributed by atoms with Crippen LogP contribution in [0.3, 0.4) is 0 Å². The fourth-order valence-electron chi connectivity index (χ4n) is 4.04. The van der Waals surface area contributed by atoms with Crippen molar-refractivity contribution in [3.05, 3.63) is 59.4 Å². The lowest BCUT2D eigenvalue weighted by molar-refractivity contribution is -0.0950. The van der Waals surface area contributed by atoms with Gasteiger partial charge in [-0.3, -0.25) is 4.90 Å². The van der Waals surface area contributed by atoms with Gasteiger partial charge in [-0.1, -0.05) is 12.1 Å². The third-order valence-electron chi connectivity index (χ3n) is 6.13. The minimum Gasteiger partial charge on any atom is -0.489 e. The topological polar surface area (TPSA) is 71.5 Å². The van der Waals surface area contributed by atoms with Crippen LogP contribution in [0.15, 0.2) is 42.5 Å². The Morgan fingerprint density at radius 2 is 1.88 bits per heavy atom. The van der Waals surface area contributed by atoms with Gasteiger partial charge in [-0.15, -0.1) is 0 Å². The molecule has 0 aliphatic carbocycles. The van der Waals surface area contributed by atoms with E-state index in [1.807, 2.05) is 37.3 Å². The van der Waals surface area contributed by atoms with Gasteiger partial charge in [0.25, 0.3) is 0 Å². The second-order valence-electron chi connectivity index (χ2n) is 8.09. The van der Waals surface area contributed by atoms with E-state index in [-0.39, 0.29) is 25.1 Å². The summed E-state index contributed by atoms with van der Waals surface area (Å²) in [5.74, 6) is 0.0659. The predicted octanol–water partition coefficient (Wildman–Crippen LogP) is 3.93. The lowest BCUT2D eigenvalue weighted by Gasteiger charge is -2.36. The Bertz CT molecular complexity index is 916. The maximum absolute atomic E-state index is 14.4. The molecule has 7 nitrogen and oxygen atoms in total. The molecule has 3 rings (SSSR count). The molecule has 1 aliphatic rings. The smallest absolute Gasteiger partial charge is 0.324 e. The molecule has 1 heterocycles. The molecule has 2 amide bonds. The van der Waals surface area contributed by atoms with E-state index in [1.165, 1.54) is 12.1 Å². The molecule has 33 heavy (non-hydrogen) atoms. The Labute approximate surface area is 194 Å². The number of benzene rings is 2. The molecule has 0 atom stereocenters. The highest BCUT2D eigenvalue weighted by Gasteiger charge is 2.35. The van der Waals surface area contributed by atoms with E-state index in [9.17, 15) is 9.18 Å². The van der Waals surface area contributed by atoms with Crippen LogP contribution < -0.4 is 9.64 Å². The predicted molar refractivity (Wildman–Crippen MR) is 124 cm³/mol. The molecule has 0 aromatic heterocycles. The van der Waals surface area contributed by atoms with Crippen LogP contribution >= 0.6 is 0 Å². The number of aliphatic hydroxyl groups excluding tert-OH is 1. The van der Waals surface area contributed by atoms with Crippen molar-refractivity contribution in [2.45, 2.75) is 32.0 Å². The number of methoxy groups -OCH3 is 1. The number of urea groups is 1. The van der Waals surface area contributed by atoms with Gasteiger partial charge in [-0.25, -0.2) is 9.18 Å². The molecule has 0 unspecified atom stereocenters. The van der Waals surface area contributed by atoms with E-state index >= 15 is 0 Å². The molecule has 180 valence electrons. The fraction of sp³-hybridized carbons (Fsp3) is 0.480. The quantitative estimate of drug-likeness (QED) is 0.614. The number of hydrogen-bond acceptors (Lipinski definition) is 5. The van der Waals surface area contributed by atoms with Crippen LogP contribution in [0.4, 0.5) is 14.9 Å². The molecule has 0 radical (unpaired) electrons. The zero-order valence-electron chi connectivity index (χ0n) is 19.6. The van der Waals surface area contributed by atoms with Gasteiger partial charge in [0.05, 0.1) is 12.2 Å². The highest BCUT2D eigenvalue weighted by Crippen LogP contribution is 2.37. The van der Waals surface area contributed by atoms with Crippen molar-refractivity contribution in [3.63, 3.8) is 0 Å². The Morgan fingerprint density at radius 1 is 1.18 bits per heavy atom. The number of carbonyl (C=O) groups excluding carboxylic acids is 1. The second kappa shape index (κ2) is 11.4. The number of aliphatic hydroxyl groups is 1. The highest BCUT2D eigenvalue weighted by molar-refractivity contribution is 5.91. The summed E-state index contributed by atoms with van der Waals surface area (Å²) in [5.41, 5.74) is 1.80. The number of carbonyl (C=O) groups is 1. The molecule has 2 aromatic carbocycles. The van der Waals surface area contributed by atoms with Crippen LogP contribution in [0.2, 0.25) is 0 Å². The van der Waals surface area contributed by atoms with Crippen LogP contribution in [-0.4, -0.2) is 63.1 Å². The Balaban J connectivity index is 1.67. The number of hydrogen-bond donors (Lipinski definition) is 1. The number of nitrogens with zero attached hydrogens (tertiary/aromatic N) is 2. The van der Waals surface area contributed by atoms with Crippen LogP contribution in [0, 0.1) is 5.82 Å². The van der Waals surface area contributed by atoms with Crippen molar-refractivity contribution in [3.8, 4) is 5.75 Å². The number of amides is 2. The highest BCUT2D eigenvalue weighted by atomic mass is 19.1. The summed E-state index contributed by atoms with van der Waals surface area (Å²) in [4.78, 5) is 15.7. The Hall–Kier alpha value is -2.68. The third kappa shape index (κ3) is 6.01. The second-order valence-corrected chi connectivity index (χ2v) is 8.09. The van der Waals surface area contributed by atoms with Crippen LogP contribution in [0.25, 0.3) is 0 Å². The van der Waals surface area contributed by atoms with Gasteiger partial charge in [0, 0.05) is 65.1 Å². The molecule has 8 heteroatoms. The van der Waals surface area contributed by atoms with Crippen LogP contribution in [0.1, 0.15) is 30.9 Å². The van der Waals surface area contributed by atoms with Crippen molar-refractivity contribution < 1.29 is 28.5 Å². The minimum absolute atomic E-state index is 0.0786. The van der Waals surface area contributed by atoms with E-state index in [0.717, 1.165) is 16.8 Å². The Kier molecular flexibility index (Phi) is 8.66. The lowest BCUT2D eigenvalue weighted by atomic mass is 9.86. The number of likely N-dealkylation sites (N-methyl/N-ethyl adjacent to an activating group) is 1. The van der Waals surface area contributed by atoms with Gasteiger partial charge in [0.15, 0.2) is 0 Å². The first kappa shape index (κ1) is 25.0. The number of anilines is 1. The molecule has 0 saturated carbocycles. The van der Waals surface area contributed by atoms with Crippen molar-refractivity contribution in [2.24, 2.45) is 0 Å². The largest absolute Gasteiger partial charge is 0.489 e. The van der Waals surface area contributed by atoms with E-state index in [1.54, 1.807) is 24.0 Å². The number of rotatable bonds is 9. The van der Waals surface area contributed by atoms with E-state index in [0.29, 0.717) is 44.9 Å². The first-order valence-corrected chi connectivity index (χ1v) is 11.2. The third-order valence-corrected chi connectivity index (χ3v) is 6.13. The summed E-state index contributed by atoms with van der Waals surface area (Å²) in [6, 6.07) is 11.9. The summed E-state index contributed by atoms with van der Waals surface area (Å²) in [7, 11) is 3.34. The summed E-state index contributed by atoms with van der Waals surface area (Å²) >= 11 is 0. The molecule has 1 saturated heterocycles. The monoisotopic (exact) mass is 460 g/mol. The van der Waals surface area contributed by atoms with Gasteiger partial charge in [0.1, 0.15) is 18.2 Å². The molecule has 1 fully saturated rings. The van der Waals surface area contributed by atoms with Gasteiger partial charge >= 0.3 is 6.03 Å². The lowest BCUT2D eigenvalue weighted by Crippen LogP contribution is -2.42. The molecule has 0 spiro atoms. The zero-order valence-corrected chi connectivity index (χ0v) is 19.6. The Morgan fingerprint density at radius 3 is 2.48 bits per heavy atom. The molecule has 1 N–H and O–H groups in total. The normalized spacial score (nSPS) is 15.2. The average Bonchev–Trinajstić information content (AvgIpc) is 2.85. The first-order valence-electron chi connectivity index (χ1n) is 11.2. The summed E-state index contributed by atoms with van der Waals surface area (Å²) < 4.78 is 31.5. The van der Waals surface area contributed by atoms with Gasteiger partial charge in [-0.2, -0.15) is 0 Å². The SMILES string of the molecule is CCN(CCO)C(=O)N(C)c1ccc(COc2cc(F)cc(C3(OC)CCOCC3)c2)cc1. The molecule has 0 bridgehead atoms. The molecular weight excluding hydrogens is 427 g/mol. The van der Waals surface area contributed by atoms with Gasteiger partial charge < -0.3 is 24.2 Å². The summed E-state index contributed by atoms with van der Waals surface area (Å²) in [5, 5.41) is 9.13. The van der Waals surface area contributed by atoms with Crippen LogP contribution in [0.5, 0.6) is 5.75 Å².